The van der Waals surface area contributed by atoms with Crippen LogP contribution in [0.2, 0.25) is 0 Å². The van der Waals surface area contributed by atoms with Crippen molar-refractivity contribution >= 4 is 5.95 Å². The lowest BCUT2D eigenvalue weighted by atomic mass is 10.1. The standard InChI is InChI=1S/C15H27N5/c1-5-14-11-20(7-6-19(14)4)15-17-9-13(10-18-15)8-16-12(2)3/h9-10,12,14,16H,5-8,11H2,1-4H3. The van der Waals surface area contributed by atoms with Crippen LogP contribution in [0.25, 0.3) is 0 Å². The van der Waals surface area contributed by atoms with Crippen LogP contribution in [-0.2, 0) is 6.54 Å². The Hall–Kier alpha value is -1.20. The summed E-state index contributed by atoms with van der Waals surface area (Å²) >= 11 is 0. The lowest BCUT2D eigenvalue weighted by molar-refractivity contribution is 0.212. The lowest BCUT2D eigenvalue weighted by Crippen LogP contribution is -2.51. The Morgan fingerprint density at radius 3 is 2.60 bits per heavy atom. The molecule has 0 radical (unpaired) electrons. The first-order valence-electron chi connectivity index (χ1n) is 7.59. The number of anilines is 1. The van der Waals surface area contributed by atoms with Crippen LogP contribution in [0.15, 0.2) is 12.4 Å². The van der Waals surface area contributed by atoms with Crippen LogP contribution in [0.1, 0.15) is 32.8 Å². The van der Waals surface area contributed by atoms with Gasteiger partial charge in [-0.1, -0.05) is 20.8 Å². The first-order chi connectivity index (χ1) is 9.60. The Labute approximate surface area is 122 Å². The summed E-state index contributed by atoms with van der Waals surface area (Å²) < 4.78 is 0. The molecule has 1 saturated heterocycles. The van der Waals surface area contributed by atoms with Gasteiger partial charge in [0.05, 0.1) is 0 Å². The highest BCUT2D eigenvalue weighted by Gasteiger charge is 2.24. The second kappa shape index (κ2) is 6.99. The van der Waals surface area contributed by atoms with Crippen LogP contribution >= 0.6 is 0 Å². The van der Waals surface area contributed by atoms with Crippen molar-refractivity contribution in [1.29, 1.82) is 0 Å². The van der Waals surface area contributed by atoms with Crippen LogP contribution in [0.3, 0.4) is 0 Å². The van der Waals surface area contributed by atoms with E-state index < -0.39 is 0 Å². The van der Waals surface area contributed by atoms with Crippen LogP contribution in [-0.4, -0.2) is 53.6 Å². The molecule has 1 atom stereocenters. The molecule has 0 aliphatic carbocycles. The molecular weight excluding hydrogens is 250 g/mol. The van der Waals surface area contributed by atoms with Crippen molar-refractivity contribution in [3.05, 3.63) is 18.0 Å². The summed E-state index contributed by atoms with van der Waals surface area (Å²) in [6.07, 6.45) is 5.05. The predicted octanol–water partition coefficient (Wildman–Crippen LogP) is 1.50. The molecule has 5 heteroatoms. The second-order valence-electron chi connectivity index (χ2n) is 5.92. The van der Waals surface area contributed by atoms with Crippen LogP contribution in [0.5, 0.6) is 0 Å². The average Bonchev–Trinajstić information content (AvgIpc) is 2.46. The van der Waals surface area contributed by atoms with Crippen LogP contribution in [0.4, 0.5) is 5.95 Å². The van der Waals surface area contributed by atoms with E-state index in [1.165, 1.54) is 6.42 Å². The van der Waals surface area contributed by atoms with Gasteiger partial charge in [-0.05, 0) is 13.5 Å². The Morgan fingerprint density at radius 2 is 2.00 bits per heavy atom. The zero-order valence-electron chi connectivity index (χ0n) is 13.1. The highest BCUT2D eigenvalue weighted by atomic mass is 15.3. The van der Waals surface area contributed by atoms with E-state index in [1.807, 2.05) is 12.4 Å². The van der Waals surface area contributed by atoms with E-state index >= 15 is 0 Å². The molecule has 1 aliphatic rings. The summed E-state index contributed by atoms with van der Waals surface area (Å²) in [5.74, 6) is 0.866. The van der Waals surface area contributed by atoms with Crippen molar-refractivity contribution in [2.45, 2.75) is 45.8 Å². The average molecular weight is 277 g/mol. The minimum absolute atomic E-state index is 0.484. The number of rotatable bonds is 5. The number of piperazine rings is 1. The van der Waals surface area contributed by atoms with Crippen molar-refractivity contribution in [1.82, 2.24) is 20.2 Å². The van der Waals surface area contributed by atoms with Gasteiger partial charge in [0, 0.05) is 56.2 Å². The summed E-state index contributed by atoms with van der Waals surface area (Å²) in [5.41, 5.74) is 1.14. The van der Waals surface area contributed by atoms with E-state index in [0.29, 0.717) is 12.1 Å². The van der Waals surface area contributed by atoms with E-state index in [4.69, 9.17) is 0 Å². The number of nitrogens with zero attached hydrogens (tertiary/aromatic N) is 4. The van der Waals surface area contributed by atoms with E-state index in [1.54, 1.807) is 0 Å². The first kappa shape index (κ1) is 15.2. The predicted molar refractivity (Wildman–Crippen MR) is 82.9 cm³/mol. The van der Waals surface area contributed by atoms with Gasteiger partial charge in [0.15, 0.2) is 0 Å². The zero-order valence-corrected chi connectivity index (χ0v) is 13.1. The summed E-state index contributed by atoms with van der Waals surface area (Å²) in [6, 6.07) is 1.09. The maximum absolute atomic E-state index is 4.53. The molecule has 1 N–H and O–H groups in total. The topological polar surface area (TPSA) is 44.3 Å². The molecule has 0 bridgehead atoms. The molecule has 1 fully saturated rings. The number of nitrogens with one attached hydrogen (secondary N) is 1. The van der Waals surface area contributed by atoms with Gasteiger partial charge in [0.2, 0.25) is 5.95 Å². The van der Waals surface area contributed by atoms with Gasteiger partial charge in [-0.25, -0.2) is 9.97 Å². The van der Waals surface area contributed by atoms with Crippen molar-refractivity contribution in [3.63, 3.8) is 0 Å². The summed E-state index contributed by atoms with van der Waals surface area (Å²) in [6.45, 7) is 10.5. The third-order valence-electron chi connectivity index (χ3n) is 3.94. The van der Waals surface area contributed by atoms with Crippen molar-refractivity contribution in [3.8, 4) is 0 Å². The van der Waals surface area contributed by atoms with Gasteiger partial charge < -0.3 is 10.2 Å². The Balaban J connectivity index is 1.96. The van der Waals surface area contributed by atoms with E-state index in [9.17, 15) is 0 Å². The molecule has 0 spiro atoms. The second-order valence-corrected chi connectivity index (χ2v) is 5.92. The third-order valence-corrected chi connectivity index (χ3v) is 3.94. The Bertz CT molecular complexity index is 403. The molecule has 1 aromatic rings. The minimum Gasteiger partial charge on any atom is -0.338 e. The number of hydrogen-bond donors (Lipinski definition) is 1. The zero-order chi connectivity index (χ0) is 14.5. The van der Waals surface area contributed by atoms with E-state index in [0.717, 1.165) is 37.7 Å². The molecular formula is C15H27N5. The summed E-state index contributed by atoms with van der Waals surface area (Å²) in [4.78, 5) is 13.8. The van der Waals surface area contributed by atoms with Crippen LogP contribution in [0, 0.1) is 0 Å². The Morgan fingerprint density at radius 1 is 1.30 bits per heavy atom. The maximum atomic E-state index is 4.53. The van der Waals surface area contributed by atoms with Crippen molar-refractivity contribution in [2.75, 3.05) is 31.6 Å². The summed E-state index contributed by atoms with van der Waals surface area (Å²) in [5, 5.41) is 3.38. The number of aromatic nitrogens is 2. The lowest BCUT2D eigenvalue weighted by Gasteiger charge is -2.39. The monoisotopic (exact) mass is 277 g/mol. The Kier molecular flexibility index (Phi) is 5.31. The molecule has 1 aromatic heterocycles. The van der Waals surface area contributed by atoms with Gasteiger partial charge in [0.25, 0.3) is 0 Å². The number of hydrogen-bond acceptors (Lipinski definition) is 5. The highest BCUT2D eigenvalue weighted by molar-refractivity contribution is 5.31. The van der Waals surface area contributed by atoms with Gasteiger partial charge in [-0.15, -0.1) is 0 Å². The van der Waals surface area contributed by atoms with E-state index in [-0.39, 0.29) is 0 Å². The largest absolute Gasteiger partial charge is 0.338 e. The highest BCUT2D eigenvalue weighted by Crippen LogP contribution is 2.15. The molecule has 0 amide bonds. The molecule has 2 rings (SSSR count). The molecule has 0 aromatic carbocycles. The molecule has 2 heterocycles. The van der Waals surface area contributed by atoms with E-state index in [2.05, 4.69) is 52.9 Å². The molecule has 20 heavy (non-hydrogen) atoms. The molecule has 0 saturated carbocycles. The van der Waals surface area contributed by atoms with Crippen LogP contribution < -0.4 is 10.2 Å². The normalized spacial score (nSPS) is 20.6. The van der Waals surface area contributed by atoms with Crippen molar-refractivity contribution in [2.24, 2.45) is 0 Å². The SMILES string of the molecule is CCC1CN(c2ncc(CNC(C)C)cn2)CCN1C. The quantitative estimate of drug-likeness (QED) is 0.884. The first-order valence-corrected chi connectivity index (χ1v) is 7.59. The third kappa shape index (κ3) is 3.90. The maximum Gasteiger partial charge on any atom is 0.225 e. The fourth-order valence-corrected chi connectivity index (χ4v) is 2.49. The van der Waals surface area contributed by atoms with Gasteiger partial charge in [-0.3, -0.25) is 4.90 Å². The fourth-order valence-electron chi connectivity index (χ4n) is 2.49. The van der Waals surface area contributed by atoms with Gasteiger partial charge >= 0.3 is 0 Å². The minimum atomic E-state index is 0.484. The smallest absolute Gasteiger partial charge is 0.225 e. The van der Waals surface area contributed by atoms with Crippen molar-refractivity contribution < 1.29 is 0 Å². The molecule has 1 aliphatic heterocycles. The number of likely N-dealkylation sites (N-methyl/N-ethyl adjacent to an activating group) is 1. The molecule has 5 nitrogen and oxygen atoms in total. The van der Waals surface area contributed by atoms with Gasteiger partial charge in [0.1, 0.15) is 0 Å². The molecule has 1 unspecified atom stereocenters. The fraction of sp³-hybridized carbons (Fsp3) is 0.733. The van der Waals surface area contributed by atoms with Gasteiger partial charge in [-0.2, -0.15) is 0 Å². The molecule has 112 valence electrons. The summed E-state index contributed by atoms with van der Waals surface area (Å²) in [7, 11) is 2.20.